The van der Waals surface area contributed by atoms with Gasteiger partial charge in [0.1, 0.15) is 5.56 Å². The van der Waals surface area contributed by atoms with Crippen molar-refractivity contribution in [2.24, 2.45) is 0 Å². The van der Waals surface area contributed by atoms with Crippen molar-refractivity contribution < 1.29 is 9.90 Å². The molecule has 19 heavy (non-hydrogen) atoms. The minimum absolute atomic E-state index is 0.263. The highest BCUT2D eigenvalue weighted by Gasteiger charge is 2.13. The predicted molar refractivity (Wildman–Crippen MR) is 74.9 cm³/mol. The molecule has 2 heterocycles. The lowest BCUT2D eigenvalue weighted by Gasteiger charge is -2.04. The number of rotatable bonds is 3. The molecule has 96 valence electrons. The van der Waals surface area contributed by atoms with Gasteiger partial charge in [0.2, 0.25) is 0 Å². The normalized spacial score (nSPS) is 11.0. The molecule has 0 aliphatic heterocycles. The van der Waals surface area contributed by atoms with Gasteiger partial charge in [0.05, 0.1) is 18.4 Å². The van der Waals surface area contributed by atoms with Gasteiger partial charge in [-0.3, -0.25) is 4.68 Å². The zero-order valence-corrected chi connectivity index (χ0v) is 11.1. The topological polar surface area (TPSA) is 55.1 Å². The van der Waals surface area contributed by atoms with Crippen molar-refractivity contribution in [2.45, 2.75) is 13.5 Å². The number of carbonyl (C=O) groups is 1. The fourth-order valence-corrected chi connectivity index (χ4v) is 3.09. The van der Waals surface area contributed by atoms with Crippen LogP contribution in [0.4, 0.5) is 0 Å². The Morgan fingerprint density at radius 1 is 1.42 bits per heavy atom. The summed E-state index contributed by atoms with van der Waals surface area (Å²) in [6, 6.07) is 8.20. The molecule has 0 aliphatic rings. The molecule has 0 amide bonds. The van der Waals surface area contributed by atoms with Crippen molar-refractivity contribution in [1.29, 1.82) is 0 Å². The van der Waals surface area contributed by atoms with E-state index in [9.17, 15) is 4.79 Å². The Balaban J connectivity index is 1.99. The van der Waals surface area contributed by atoms with Crippen molar-refractivity contribution in [3.63, 3.8) is 0 Å². The number of nitrogens with zero attached hydrogens (tertiary/aromatic N) is 2. The maximum absolute atomic E-state index is 11.0. The zero-order chi connectivity index (χ0) is 13.4. The standard InChI is InChI=1S/C14H12N2O2S/c1-9-12(14(17)18)6-15-16(9)7-10-8-19-13-5-3-2-4-11(10)13/h2-6,8H,7H2,1H3,(H,17,18). The van der Waals surface area contributed by atoms with E-state index in [2.05, 4.69) is 22.6 Å². The summed E-state index contributed by atoms with van der Waals surface area (Å²) in [6.07, 6.45) is 1.41. The van der Waals surface area contributed by atoms with Crippen LogP contribution in [0.15, 0.2) is 35.8 Å². The van der Waals surface area contributed by atoms with Crippen molar-refractivity contribution in [3.8, 4) is 0 Å². The van der Waals surface area contributed by atoms with Crippen LogP contribution in [-0.4, -0.2) is 20.9 Å². The smallest absolute Gasteiger partial charge is 0.339 e. The third kappa shape index (κ3) is 2.02. The van der Waals surface area contributed by atoms with E-state index in [4.69, 9.17) is 5.11 Å². The van der Waals surface area contributed by atoms with E-state index in [1.165, 1.54) is 21.8 Å². The molecule has 1 aromatic carbocycles. The van der Waals surface area contributed by atoms with E-state index in [1.807, 2.05) is 12.1 Å². The highest BCUT2D eigenvalue weighted by molar-refractivity contribution is 7.17. The summed E-state index contributed by atoms with van der Waals surface area (Å²) in [6.45, 7) is 2.38. The summed E-state index contributed by atoms with van der Waals surface area (Å²) in [7, 11) is 0. The molecular weight excluding hydrogens is 260 g/mol. The second-order valence-electron chi connectivity index (χ2n) is 4.36. The molecule has 2 aromatic heterocycles. The Hall–Kier alpha value is -2.14. The van der Waals surface area contributed by atoms with Crippen LogP contribution in [0.25, 0.3) is 10.1 Å². The van der Waals surface area contributed by atoms with Gasteiger partial charge in [0.15, 0.2) is 0 Å². The van der Waals surface area contributed by atoms with Crippen molar-refractivity contribution in [3.05, 3.63) is 52.7 Å². The zero-order valence-electron chi connectivity index (χ0n) is 10.3. The van der Waals surface area contributed by atoms with Gasteiger partial charge in [-0.15, -0.1) is 11.3 Å². The highest BCUT2D eigenvalue weighted by atomic mass is 32.1. The lowest BCUT2D eigenvalue weighted by Crippen LogP contribution is -2.05. The summed E-state index contributed by atoms with van der Waals surface area (Å²) < 4.78 is 2.97. The van der Waals surface area contributed by atoms with Gasteiger partial charge in [-0.2, -0.15) is 5.10 Å². The number of thiophene rings is 1. The quantitative estimate of drug-likeness (QED) is 0.796. The van der Waals surface area contributed by atoms with Gasteiger partial charge in [-0.1, -0.05) is 18.2 Å². The first-order chi connectivity index (χ1) is 9.16. The van der Waals surface area contributed by atoms with Crippen LogP contribution in [0.3, 0.4) is 0 Å². The number of carboxylic acid groups (broad SMARTS) is 1. The Bertz CT molecular complexity index is 758. The summed E-state index contributed by atoms with van der Waals surface area (Å²) in [4.78, 5) is 11.0. The van der Waals surface area contributed by atoms with Gasteiger partial charge < -0.3 is 5.11 Å². The van der Waals surface area contributed by atoms with Gasteiger partial charge >= 0.3 is 5.97 Å². The Morgan fingerprint density at radius 3 is 2.95 bits per heavy atom. The molecule has 0 saturated heterocycles. The molecule has 0 radical (unpaired) electrons. The molecule has 0 unspecified atom stereocenters. The number of hydrogen-bond donors (Lipinski definition) is 1. The van der Waals surface area contributed by atoms with Crippen molar-refractivity contribution in [1.82, 2.24) is 9.78 Å². The van der Waals surface area contributed by atoms with E-state index in [0.29, 0.717) is 12.2 Å². The maximum Gasteiger partial charge on any atom is 0.339 e. The molecule has 1 N–H and O–H groups in total. The summed E-state index contributed by atoms with van der Waals surface area (Å²) in [5.74, 6) is -0.932. The fourth-order valence-electron chi connectivity index (χ4n) is 2.13. The van der Waals surface area contributed by atoms with E-state index in [-0.39, 0.29) is 5.56 Å². The van der Waals surface area contributed by atoms with E-state index in [1.54, 1.807) is 22.9 Å². The number of aromatic nitrogens is 2. The van der Waals surface area contributed by atoms with Crippen LogP contribution in [-0.2, 0) is 6.54 Å². The van der Waals surface area contributed by atoms with Crippen LogP contribution in [0.2, 0.25) is 0 Å². The monoisotopic (exact) mass is 272 g/mol. The number of benzene rings is 1. The van der Waals surface area contributed by atoms with Gasteiger partial charge in [0.25, 0.3) is 0 Å². The van der Waals surface area contributed by atoms with Crippen molar-refractivity contribution >= 4 is 27.4 Å². The summed E-state index contributed by atoms with van der Waals surface area (Å²) in [5, 5.41) is 16.5. The summed E-state index contributed by atoms with van der Waals surface area (Å²) >= 11 is 1.69. The van der Waals surface area contributed by atoms with Gasteiger partial charge in [0, 0.05) is 4.70 Å². The summed E-state index contributed by atoms with van der Waals surface area (Å²) in [5.41, 5.74) is 2.12. The van der Waals surface area contributed by atoms with Gasteiger partial charge in [-0.05, 0) is 29.3 Å². The van der Waals surface area contributed by atoms with Crippen LogP contribution < -0.4 is 0 Å². The minimum atomic E-state index is -0.932. The predicted octanol–water partition coefficient (Wildman–Crippen LogP) is 3.15. The molecule has 0 saturated carbocycles. The van der Waals surface area contributed by atoms with Crippen LogP contribution in [0.1, 0.15) is 21.6 Å². The minimum Gasteiger partial charge on any atom is -0.478 e. The molecule has 0 atom stereocenters. The SMILES string of the molecule is Cc1c(C(=O)O)cnn1Cc1csc2ccccc12. The second-order valence-corrected chi connectivity index (χ2v) is 5.27. The first-order valence-corrected chi connectivity index (χ1v) is 6.75. The van der Waals surface area contributed by atoms with E-state index >= 15 is 0 Å². The third-order valence-corrected chi connectivity index (χ3v) is 4.23. The van der Waals surface area contributed by atoms with Crippen LogP contribution >= 0.6 is 11.3 Å². The molecule has 4 nitrogen and oxygen atoms in total. The van der Waals surface area contributed by atoms with Gasteiger partial charge in [-0.25, -0.2) is 4.79 Å². The Kier molecular flexibility index (Phi) is 2.83. The number of aromatic carboxylic acids is 1. The number of hydrogen-bond acceptors (Lipinski definition) is 3. The molecule has 0 spiro atoms. The lowest BCUT2D eigenvalue weighted by atomic mass is 10.2. The Labute approximate surface area is 113 Å². The molecule has 5 heteroatoms. The largest absolute Gasteiger partial charge is 0.478 e. The molecule has 0 bridgehead atoms. The van der Waals surface area contributed by atoms with E-state index < -0.39 is 5.97 Å². The fraction of sp³-hybridized carbons (Fsp3) is 0.143. The average molecular weight is 272 g/mol. The molecular formula is C14H12N2O2S. The lowest BCUT2D eigenvalue weighted by molar-refractivity contribution is 0.0696. The van der Waals surface area contributed by atoms with Crippen LogP contribution in [0, 0.1) is 6.92 Å². The van der Waals surface area contributed by atoms with E-state index in [0.717, 1.165) is 0 Å². The molecule has 0 fully saturated rings. The number of fused-ring (bicyclic) bond motifs is 1. The van der Waals surface area contributed by atoms with Crippen LogP contribution in [0.5, 0.6) is 0 Å². The Morgan fingerprint density at radius 2 is 2.21 bits per heavy atom. The molecule has 0 aliphatic carbocycles. The molecule has 3 rings (SSSR count). The second kappa shape index (κ2) is 4.51. The first kappa shape index (κ1) is 11.9. The molecule has 3 aromatic rings. The third-order valence-electron chi connectivity index (χ3n) is 3.21. The highest BCUT2D eigenvalue weighted by Crippen LogP contribution is 2.26. The first-order valence-electron chi connectivity index (χ1n) is 5.87. The van der Waals surface area contributed by atoms with Crippen molar-refractivity contribution in [2.75, 3.05) is 0 Å². The number of carboxylic acids is 1. The maximum atomic E-state index is 11.0. The average Bonchev–Trinajstić information content (AvgIpc) is 2.96.